The standard InChI is InChI=1S/C25H26N2O4/c1-3-27(4-2)25(29)19-9-8-10-20(17-19)26-24(28)18-30-21-13-15-23(16-14-21)31-22-11-6-5-7-12-22/h5-17H,3-4,18H2,1-2H3,(H,26,28). The Morgan fingerprint density at radius 1 is 0.806 bits per heavy atom. The number of ether oxygens (including phenoxy) is 2. The van der Waals surface area contributed by atoms with Gasteiger partial charge in [0.1, 0.15) is 17.2 Å². The number of hydrogen-bond acceptors (Lipinski definition) is 4. The van der Waals surface area contributed by atoms with Crippen LogP contribution >= 0.6 is 0 Å². The molecular weight excluding hydrogens is 392 g/mol. The van der Waals surface area contributed by atoms with Crippen molar-refractivity contribution < 1.29 is 19.1 Å². The minimum Gasteiger partial charge on any atom is -0.484 e. The topological polar surface area (TPSA) is 67.9 Å². The van der Waals surface area contributed by atoms with Gasteiger partial charge in [0.15, 0.2) is 6.61 Å². The average Bonchev–Trinajstić information content (AvgIpc) is 2.80. The van der Waals surface area contributed by atoms with E-state index >= 15 is 0 Å². The lowest BCUT2D eigenvalue weighted by atomic mass is 10.1. The molecule has 3 rings (SSSR count). The fraction of sp³-hybridized carbons (Fsp3) is 0.200. The van der Waals surface area contributed by atoms with Gasteiger partial charge in [0, 0.05) is 24.3 Å². The number of carbonyl (C=O) groups is 2. The molecule has 0 aromatic heterocycles. The first-order valence-electron chi connectivity index (χ1n) is 10.2. The van der Waals surface area contributed by atoms with Gasteiger partial charge in [-0.25, -0.2) is 0 Å². The summed E-state index contributed by atoms with van der Waals surface area (Å²) in [6.45, 7) is 4.99. The molecule has 0 aliphatic rings. The molecule has 0 bridgehead atoms. The van der Waals surface area contributed by atoms with Gasteiger partial charge in [0.25, 0.3) is 11.8 Å². The zero-order chi connectivity index (χ0) is 22.1. The lowest BCUT2D eigenvalue weighted by Crippen LogP contribution is -2.30. The van der Waals surface area contributed by atoms with Crippen molar-refractivity contribution in [2.24, 2.45) is 0 Å². The monoisotopic (exact) mass is 418 g/mol. The van der Waals surface area contributed by atoms with Crippen LogP contribution in [0.25, 0.3) is 0 Å². The van der Waals surface area contributed by atoms with E-state index in [9.17, 15) is 9.59 Å². The van der Waals surface area contributed by atoms with Gasteiger partial charge in [-0.2, -0.15) is 0 Å². The fourth-order valence-electron chi connectivity index (χ4n) is 3.00. The molecule has 0 atom stereocenters. The Balaban J connectivity index is 1.52. The van der Waals surface area contributed by atoms with Crippen molar-refractivity contribution >= 4 is 17.5 Å². The maximum Gasteiger partial charge on any atom is 0.262 e. The van der Waals surface area contributed by atoms with E-state index in [-0.39, 0.29) is 18.4 Å². The average molecular weight is 418 g/mol. The van der Waals surface area contributed by atoms with Crippen LogP contribution in [0, 0.1) is 0 Å². The van der Waals surface area contributed by atoms with Gasteiger partial charge in [-0.1, -0.05) is 24.3 Å². The second-order valence-electron chi connectivity index (χ2n) is 6.78. The number of rotatable bonds is 9. The van der Waals surface area contributed by atoms with Crippen molar-refractivity contribution in [3.05, 3.63) is 84.4 Å². The highest BCUT2D eigenvalue weighted by molar-refractivity contribution is 5.97. The van der Waals surface area contributed by atoms with Crippen LogP contribution in [0.5, 0.6) is 17.2 Å². The molecule has 31 heavy (non-hydrogen) atoms. The fourth-order valence-corrected chi connectivity index (χ4v) is 3.00. The van der Waals surface area contributed by atoms with E-state index in [1.807, 2.05) is 44.2 Å². The van der Waals surface area contributed by atoms with Crippen LogP contribution in [-0.2, 0) is 4.79 Å². The van der Waals surface area contributed by atoms with Crippen molar-refractivity contribution in [3.63, 3.8) is 0 Å². The quantitative estimate of drug-likeness (QED) is 0.532. The number of hydrogen-bond donors (Lipinski definition) is 1. The SMILES string of the molecule is CCN(CC)C(=O)c1cccc(NC(=O)COc2ccc(Oc3ccccc3)cc2)c1. The van der Waals surface area contributed by atoms with E-state index in [4.69, 9.17) is 9.47 Å². The first-order chi connectivity index (χ1) is 15.1. The molecule has 3 aromatic rings. The molecule has 160 valence electrons. The third-order valence-corrected chi connectivity index (χ3v) is 4.62. The zero-order valence-corrected chi connectivity index (χ0v) is 17.7. The van der Waals surface area contributed by atoms with Crippen LogP contribution in [-0.4, -0.2) is 36.4 Å². The minimum absolute atomic E-state index is 0.0600. The molecule has 0 saturated carbocycles. The summed E-state index contributed by atoms with van der Waals surface area (Å²) in [6, 6.07) is 23.4. The molecule has 0 saturated heterocycles. The van der Waals surface area contributed by atoms with Crippen molar-refractivity contribution in [2.45, 2.75) is 13.8 Å². The van der Waals surface area contributed by atoms with Crippen molar-refractivity contribution in [2.75, 3.05) is 25.0 Å². The summed E-state index contributed by atoms with van der Waals surface area (Å²) < 4.78 is 11.3. The van der Waals surface area contributed by atoms with Gasteiger partial charge >= 0.3 is 0 Å². The van der Waals surface area contributed by atoms with Crippen LogP contribution in [0.4, 0.5) is 5.69 Å². The second-order valence-corrected chi connectivity index (χ2v) is 6.78. The summed E-state index contributed by atoms with van der Waals surface area (Å²) in [4.78, 5) is 26.5. The highest BCUT2D eigenvalue weighted by Crippen LogP contribution is 2.23. The molecule has 1 N–H and O–H groups in total. The van der Waals surface area contributed by atoms with E-state index in [1.54, 1.807) is 53.4 Å². The number of nitrogens with one attached hydrogen (secondary N) is 1. The van der Waals surface area contributed by atoms with Crippen LogP contribution in [0.2, 0.25) is 0 Å². The molecule has 0 aliphatic heterocycles. The summed E-state index contributed by atoms with van der Waals surface area (Å²) in [7, 11) is 0. The van der Waals surface area contributed by atoms with Crippen LogP contribution in [0.15, 0.2) is 78.9 Å². The number of nitrogens with zero attached hydrogens (tertiary/aromatic N) is 1. The highest BCUT2D eigenvalue weighted by atomic mass is 16.5. The number of anilines is 1. The lowest BCUT2D eigenvalue weighted by molar-refractivity contribution is -0.118. The van der Waals surface area contributed by atoms with Crippen LogP contribution in [0.1, 0.15) is 24.2 Å². The Hall–Kier alpha value is -3.80. The van der Waals surface area contributed by atoms with Crippen LogP contribution in [0.3, 0.4) is 0 Å². The molecule has 0 heterocycles. The van der Waals surface area contributed by atoms with Gasteiger partial charge in [-0.3, -0.25) is 9.59 Å². The van der Waals surface area contributed by atoms with E-state index in [1.165, 1.54) is 0 Å². The van der Waals surface area contributed by atoms with Gasteiger partial charge in [-0.05, 0) is 68.4 Å². The maximum absolute atomic E-state index is 12.5. The maximum atomic E-state index is 12.5. The van der Waals surface area contributed by atoms with Crippen LogP contribution < -0.4 is 14.8 Å². The third-order valence-electron chi connectivity index (χ3n) is 4.62. The summed E-state index contributed by atoms with van der Waals surface area (Å²) in [5, 5.41) is 2.77. The van der Waals surface area contributed by atoms with Crippen molar-refractivity contribution in [3.8, 4) is 17.2 Å². The predicted octanol–water partition coefficient (Wildman–Crippen LogP) is 4.98. The molecule has 0 spiro atoms. The minimum atomic E-state index is -0.308. The third kappa shape index (κ3) is 6.34. The van der Waals surface area contributed by atoms with Crippen molar-refractivity contribution in [1.82, 2.24) is 4.90 Å². The summed E-state index contributed by atoms with van der Waals surface area (Å²) in [5.41, 5.74) is 1.09. The molecule has 0 unspecified atom stereocenters. The van der Waals surface area contributed by atoms with E-state index in [0.29, 0.717) is 35.8 Å². The van der Waals surface area contributed by atoms with Crippen molar-refractivity contribution in [1.29, 1.82) is 0 Å². The molecule has 3 aromatic carbocycles. The molecule has 0 fully saturated rings. The summed E-state index contributed by atoms with van der Waals surface area (Å²) in [6.07, 6.45) is 0. The summed E-state index contributed by atoms with van der Waals surface area (Å²) in [5.74, 6) is 1.61. The number of para-hydroxylation sites is 1. The predicted molar refractivity (Wildman–Crippen MR) is 121 cm³/mol. The Morgan fingerprint density at radius 3 is 2.13 bits per heavy atom. The number of carbonyl (C=O) groups excluding carboxylic acids is 2. The number of amides is 2. The van der Waals surface area contributed by atoms with E-state index in [0.717, 1.165) is 5.75 Å². The normalized spacial score (nSPS) is 10.3. The van der Waals surface area contributed by atoms with E-state index < -0.39 is 0 Å². The van der Waals surface area contributed by atoms with E-state index in [2.05, 4.69) is 5.32 Å². The Morgan fingerprint density at radius 2 is 1.45 bits per heavy atom. The molecule has 6 heteroatoms. The Kier molecular flexibility index (Phi) is 7.65. The zero-order valence-electron chi connectivity index (χ0n) is 17.7. The molecule has 0 aliphatic carbocycles. The first-order valence-corrected chi connectivity index (χ1v) is 10.2. The lowest BCUT2D eigenvalue weighted by Gasteiger charge is -2.19. The molecule has 2 amide bonds. The molecule has 6 nitrogen and oxygen atoms in total. The summed E-state index contributed by atoms with van der Waals surface area (Å²) >= 11 is 0. The highest BCUT2D eigenvalue weighted by Gasteiger charge is 2.13. The number of benzene rings is 3. The Bertz CT molecular complexity index is 1000. The first kappa shape index (κ1) is 21.9. The van der Waals surface area contributed by atoms with Gasteiger partial charge in [0.05, 0.1) is 0 Å². The second kappa shape index (κ2) is 10.8. The van der Waals surface area contributed by atoms with Gasteiger partial charge in [-0.15, -0.1) is 0 Å². The van der Waals surface area contributed by atoms with Gasteiger partial charge < -0.3 is 19.7 Å². The Labute approximate surface area is 182 Å². The molecule has 0 radical (unpaired) electrons. The molecular formula is C25H26N2O4. The van der Waals surface area contributed by atoms with Gasteiger partial charge in [0.2, 0.25) is 0 Å². The smallest absolute Gasteiger partial charge is 0.262 e. The largest absolute Gasteiger partial charge is 0.484 e.